The standard InChI is InChI=1S/C17H30N4O3/c1-15-14-16(2)21(18-15)7-4-17(23)20-6-3-5-19(8-9-20)10-12-24-13-11-22/h14,22H,3-13H2,1-2H3. The van der Waals surface area contributed by atoms with Crippen LogP contribution in [0.5, 0.6) is 0 Å². The number of amides is 1. The van der Waals surface area contributed by atoms with Crippen LogP contribution in [0.1, 0.15) is 24.2 Å². The van der Waals surface area contributed by atoms with Gasteiger partial charge in [0.05, 0.1) is 25.5 Å². The van der Waals surface area contributed by atoms with Gasteiger partial charge in [-0.3, -0.25) is 14.4 Å². The molecule has 7 nitrogen and oxygen atoms in total. The predicted molar refractivity (Wildman–Crippen MR) is 91.9 cm³/mol. The van der Waals surface area contributed by atoms with Gasteiger partial charge in [0.1, 0.15) is 0 Å². The fourth-order valence-electron chi connectivity index (χ4n) is 3.07. The maximum absolute atomic E-state index is 12.5. The lowest BCUT2D eigenvalue weighted by molar-refractivity contribution is -0.131. The monoisotopic (exact) mass is 338 g/mol. The van der Waals surface area contributed by atoms with Crippen LogP contribution in [0, 0.1) is 13.8 Å². The maximum Gasteiger partial charge on any atom is 0.224 e. The Kier molecular flexibility index (Phi) is 7.68. The molecule has 0 spiro atoms. The highest BCUT2D eigenvalue weighted by Crippen LogP contribution is 2.07. The molecule has 7 heteroatoms. The van der Waals surface area contributed by atoms with Crippen molar-refractivity contribution in [2.45, 2.75) is 33.2 Å². The van der Waals surface area contributed by atoms with Gasteiger partial charge in [-0.25, -0.2) is 0 Å². The van der Waals surface area contributed by atoms with Gasteiger partial charge in [-0.1, -0.05) is 0 Å². The van der Waals surface area contributed by atoms with Crippen LogP contribution in [-0.2, 0) is 16.1 Å². The number of hydrogen-bond acceptors (Lipinski definition) is 5. The number of nitrogens with zero attached hydrogens (tertiary/aromatic N) is 4. The van der Waals surface area contributed by atoms with Crippen molar-refractivity contribution in [1.82, 2.24) is 19.6 Å². The third kappa shape index (κ3) is 5.89. The second kappa shape index (κ2) is 9.76. The third-order valence-electron chi connectivity index (χ3n) is 4.37. The van der Waals surface area contributed by atoms with Crippen LogP contribution < -0.4 is 0 Å². The van der Waals surface area contributed by atoms with E-state index in [9.17, 15) is 4.79 Å². The van der Waals surface area contributed by atoms with E-state index in [-0.39, 0.29) is 12.5 Å². The number of carbonyl (C=O) groups is 1. The Morgan fingerprint density at radius 2 is 2.04 bits per heavy atom. The van der Waals surface area contributed by atoms with Crippen molar-refractivity contribution in [2.75, 3.05) is 52.5 Å². The summed E-state index contributed by atoms with van der Waals surface area (Å²) in [6.07, 6.45) is 1.49. The van der Waals surface area contributed by atoms with E-state index < -0.39 is 0 Å². The van der Waals surface area contributed by atoms with Gasteiger partial charge in [0.25, 0.3) is 0 Å². The van der Waals surface area contributed by atoms with Crippen molar-refractivity contribution >= 4 is 5.91 Å². The Balaban J connectivity index is 1.72. The molecule has 0 atom stereocenters. The molecule has 0 aliphatic carbocycles. The zero-order chi connectivity index (χ0) is 17.4. The van der Waals surface area contributed by atoms with E-state index in [1.807, 2.05) is 29.5 Å². The second-order valence-corrected chi connectivity index (χ2v) is 6.31. The van der Waals surface area contributed by atoms with Gasteiger partial charge < -0.3 is 14.7 Å². The van der Waals surface area contributed by atoms with Crippen molar-refractivity contribution in [1.29, 1.82) is 0 Å². The van der Waals surface area contributed by atoms with Crippen molar-refractivity contribution in [3.05, 3.63) is 17.5 Å². The third-order valence-corrected chi connectivity index (χ3v) is 4.37. The van der Waals surface area contributed by atoms with Gasteiger partial charge in [0.15, 0.2) is 0 Å². The number of aryl methyl sites for hydroxylation is 3. The van der Waals surface area contributed by atoms with Crippen LogP contribution in [0.2, 0.25) is 0 Å². The highest BCUT2D eigenvalue weighted by atomic mass is 16.5. The summed E-state index contributed by atoms with van der Waals surface area (Å²) in [5.74, 6) is 0.209. The van der Waals surface area contributed by atoms with E-state index in [0.29, 0.717) is 26.2 Å². The van der Waals surface area contributed by atoms with Gasteiger partial charge in [0, 0.05) is 44.8 Å². The molecule has 1 N–H and O–H groups in total. The summed E-state index contributed by atoms with van der Waals surface area (Å²) in [5.41, 5.74) is 2.10. The molecule has 24 heavy (non-hydrogen) atoms. The smallest absolute Gasteiger partial charge is 0.224 e. The van der Waals surface area contributed by atoms with Crippen LogP contribution >= 0.6 is 0 Å². The Morgan fingerprint density at radius 3 is 2.75 bits per heavy atom. The van der Waals surface area contributed by atoms with E-state index in [0.717, 1.165) is 50.5 Å². The number of ether oxygens (including phenoxy) is 1. The molecule has 2 rings (SSSR count). The van der Waals surface area contributed by atoms with Crippen LogP contribution in [0.4, 0.5) is 0 Å². The zero-order valence-electron chi connectivity index (χ0n) is 14.9. The van der Waals surface area contributed by atoms with E-state index in [4.69, 9.17) is 9.84 Å². The van der Waals surface area contributed by atoms with Gasteiger partial charge in [0.2, 0.25) is 5.91 Å². The number of aliphatic hydroxyl groups excluding tert-OH is 1. The van der Waals surface area contributed by atoms with E-state index >= 15 is 0 Å². The molecular weight excluding hydrogens is 308 g/mol. The first-order valence-electron chi connectivity index (χ1n) is 8.80. The SMILES string of the molecule is Cc1cc(C)n(CCC(=O)N2CCCN(CCOCCO)CC2)n1. The molecule has 0 aromatic carbocycles. The highest BCUT2D eigenvalue weighted by Gasteiger charge is 2.19. The fourth-order valence-corrected chi connectivity index (χ4v) is 3.07. The molecule has 0 unspecified atom stereocenters. The van der Waals surface area contributed by atoms with E-state index in [2.05, 4.69) is 10.00 Å². The summed E-state index contributed by atoms with van der Waals surface area (Å²) < 4.78 is 7.23. The average Bonchev–Trinajstić information content (AvgIpc) is 2.76. The number of aromatic nitrogens is 2. The molecule has 0 radical (unpaired) electrons. The molecule has 1 aliphatic heterocycles. The molecule has 1 aromatic rings. The number of aliphatic hydroxyl groups is 1. The molecule has 1 fully saturated rings. The summed E-state index contributed by atoms with van der Waals surface area (Å²) in [6, 6.07) is 2.03. The lowest BCUT2D eigenvalue weighted by atomic mass is 10.3. The topological polar surface area (TPSA) is 70.8 Å². The van der Waals surface area contributed by atoms with Crippen molar-refractivity contribution in [3.63, 3.8) is 0 Å². The number of hydrogen-bond donors (Lipinski definition) is 1. The molecule has 2 heterocycles. The first-order chi connectivity index (χ1) is 11.6. The molecule has 1 saturated heterocycles. The minimum Gasteiger partial charge on any atom is -0.394 e. The number of rotatable bonds is 8. The van der Waals surface area contributed by atoms with Gasteiger partial charge >= 0.3 is 0 Å². The molecule has 1 amide bonds. The summed E-state index contributed by atoms with van der Waals surface area (Å²) in [6.45, 7) is 10.1. The maximum atomic E-state index is 12.5. The Labute approximate surface area is 144 Å². The van der Waals surface area contributed by atoms with Gasteiger partial charge in [-0.15, -0.1) is 0 Å². The zero-order valence-corrected chi connectivity index (χ0v) is 14.9. The summed E-state index contributed by atoms with van der Waals surface area (Å²) in [5, 5.41) is 13.1. The van der Waals surface area contributed by atoms with Crippen LogP contribution in [0.3, 0.4) is 0 Å². The molecule has 136 valence electrons. The van der Waals surface area contributed by atoms with Crippen molar-refractivity contribution < 1.29 is 14.6 Å². The lowest BCUT2D eigenvalue weighted by Gasteiger charge is -2.22. The van der Waals surface area contributed by atoms with E-state index in [1.165, 1.54) is 0 Å². The Hall–Kier alpha value is -1.44. The van der Waals surface area contributed by atoms with Crippen LogP contribution in [0.25, 0.3) is 0 Å². The molecular formula is C17H30N4O3. The van der Waals surface area contributed by atoms with Crippen molar-refractivity contribution in [2.24, 2.45) is 0 Å². The minimum atomic E-state index is 0.0670. The first-order valence-corrected chi connectivity index (χ1v) is 8.80. The summed E-state index contributed by atoms with van der Waals surface area (Å²) >= 11 is 0. The predicted octanol–water partition coefficient (Wildman–Crippen LogP) is 0.433. The van der Waals surface area contributed by atoms with Crippen LogP contribution in [-0.4, -0.2) is 83.1 Å². The molecule has 0 bridgehead atoms. The Bertz CT molecular complexity index is 518. The molecule has 1 aromatic heterocycles. The molecule has 1 aliphatic rings. The number of carbonyl (C=O) groups excluding carboxylic acids is 1. The Morgan fingerprint density at radius 1 is 1.21 bits per heavy atom. The lowest BCUT2D eigenvalue weighted by Crippen LogP contribution is -2.36. The second-order valence-electron chi connectivity index (χ2n) is 6.31. The van der Waals surface area contributed by atoms with Crippen LogP contribution in [0.15, 0.2) is 6.07 Å². The van der Waals surface area contributed by atoms with Gasteiger partial charge in [-0.05, 0) is 32.9 Å². The minimum absolute atomic E-state index is 0.0670. The normalized spacial score (nSPS) is 16.4. The fraction of sp³-hybridized carbons (Fsp3) is 0.765. The summed E-state index contributed by atoms with van der Waals surface area (Å²) in [4.78, 5) is 16.8. The molecule has 0 saturated carbocycles. The first kappa shape index (κ1) is 18.9. The van der Waals surface area contributed by atoms with E-state index in [1.54, 1.807) is 0 Å². The highest BCUT2D eigenvalue weighted by molar-refractivity contribution is 5.76. The van der Waals surface area contributed by atoms with Crippen molar-refractivity contribution in [3.8, 4) is 0 Å². The largest absolute Gasteiger partial charge is 0.394 e. The quantitative estimate of drug-likeness (QED) is 0.696. The average molecular weight is 338 g/mol. The van der Waals surface area contributed by atoms with Gasteiger partial charge in [-0.2, -0.15) is 5.10 Å². The summed E-state index contributed by atoms with van der Waals surface area (Å²) in [7, 11) is 0.